The molecule has 0 atom stereocenters. The molecule has 0 radical (unpaired) electrons. The zero-order chi connectivity index (χ0) is 6.62. The van der Waals surface area contributed by atoms with Gasteiger partial charge in [-0.1, -0.05) is 20.8 Å². The summed E-state index contributed by atoms with van der Waals surface area (Å²) in [6.45, 7) is 6.12. The second-order valence-corrected chi connectivity index (χ2v) is 2.77. The molecule has 1 N–H and O–H groups in total. The molecule has 0 saturated carbocycles. The van der Waals surface area contributed by atoms with Gasteiger partial charge in [-0.05, 0) is 5.41 Å². The van der Waals surface area contributed by atoms with Crippen molar-refractivity contribution in [3.8, 4) is 0 Å². The Bertz CT molecular complexity index is 97.6. The van der Waals surface area contributed by atoms with Crippen LogP contribution >= 0.6 is 0 Å². The van der Waals surface area contributed by atoms with Gasteiger partial charge < -0.3 is 0 Å². The summed E-state index contributed by atoms with van der Waals surface area (Å²) in [5.74, 6) is 0. The van der Waals surface area contributed by atoms with Gasteiger partial charge in [0.15, 0.2) is 0 Å². The number of hydrogen-bond donors (Lipinski definition) is 1. The predicted molar refractivity (Wildman–Crippen MR) is 36.7 cm³/mol. The molecule has 0 aliphatic rings. The molecule has 0 aromatic rings. The van der Waals surface area contributed by atoms with Gasteiger partial charge >= 0.3 is 0 Å². The average molecular weight is 112 g/mol. The van der Waals surface area contributed by atoms with Crippen molar-refractivity contribution in [2.75, 3.05) is 0 Å². The lowest BCUT2D eigenvalue weighted by molar-refractivity contribution is 0.608. The van der Waals surface area contributed by atoms with Gasteiger partial charge in [0, 0.05) is 6.21 Å². The Morgan fingerprint density at radius 2 is 1.88 bits per heavy atom. The fraction of sp³-hybridized carbons (Fsp3) is 0.667. The highest BCUT2D eigenvalue weighted by Crippen LogP contribution is 2.07. The van der Waals surface area contributed by atoms with Gasteiger partial charge in [-0.15, -0.1) is 0 Å². The topological polar surface area (TPSA) is 36.2 Å². The lowest BCUT2D eigenvalue weighted by Gasteiger charge is -2.07. The van der Waals surface area contributed by atoms with Gasteiger partial charge in [0.25, 0.3) is 0 Å². The number of nitrogens with zero attached hydrogens (tertiary/aromatic N) is 1. The summed E-state index contributed by atoms with van der Waals surface area (Å²) in [7, 11) is 0. The molecule has 0 aliphatic heterocycles. The average Bonchev–Trinajstić information content (AvgIpc) is 1.59. The first-order valence-corrected chi connectivity index (χ1v) is 2.59. The van der Waals surface area contributed by atoms with Crippen LogP contribution in [0.15, 0.2) is 4.99 Å². The molecule has 46 valence electrons. The van der Waals surface area contributed by atoms with E-state index in [9.17, 15) is 0 Å². The Morgan fingerprint density at radius 3 is 2.00 bits per heavy atom. The van der Waals surface area contributed by atoms with E-state index in [-0.39, 0.29) is 5.41 Å². The fourth-order valence-corrected chi connectivity index (χ4v) is 0.261. The number of aliphatic imine (C=N–C) groups is 1. The smallest absolute Gasteiger partial charge is 0.106 e. The molecule has 0 amide bonds. The third-order valence-electron chi connectivity index (χ3n) is 0.536. The molecule has 0 saturated heterocycles. The number of rotatable bonds is 1. The molecule has 2 nitrogen and oxygen atoms in total. The van der Waals surface area contributed by atoms with E-state index in [1.54, 1.807) is 6.21 Å². The van der Waals surface area contributed by atoms with Crippen molar-refractivity contribution in [1.82, 2.24) is 0 Å². The van der Waals surface area contributed by atoms with Crippen molar-refractivity contribution in [1.29, 1.82) is 5.41 Å². The van der Waals surface area contributed by atoms with E-state index in [0.717, 1.165) is 6.34 Å². The van der Waals surface area contributed by atoms with E-state index < -0.39 is 0 Å². The Labute approximate surface area is 50.1 Å². The van der Waals surface area contributed by atoms with Crippen molar-refractivity contribution >= 4 is 12.6 Å². The van der Waals surface area contributed by atoms with Crippen LogP contribution in [-0.4, -0.2) is 12.6 Å². The van der Waals surface area contributed by atoms with Crippen molar-refractivity contribution < 1.29 is 0 Å². The summed E-state index contributed by atoms with van der Waals surface area (Å²) < 4.78 is 0. The van der Waals surface area contributed by atoms with Crippen molar-refractivity contribution in [2.45, 2.75) is 20.8 Å². The third kappa shape index (κ3) is 5.34. The normalized spacial score (nSPS) is 12.4. The van der Waals surface area contributed by atoms with Gasteiger partial charge in [0.1, 0.15) is 6.34 Å². The van der Waals surface area contributed by atoms with Gasteiger partial charge in [-0.3, -0.25) is 5.41 Å². The highest BCUT2D eigenvalue weighted by atomic mass is 14.7. The van der Waals surface area contributed by atoms with E-state index in [2.05, 4.69) is 4.99 Å². The molecule has 0 bridgehead atoms. The second-order valence-electron chi connectivity index (χ2n) is 2.77. The Kier molecular flexibility index (Phi) is 2.38. The highest BCUT2D eigenvalue weighted by Gasteiger charge is 2.03. The second kappa shape index (κ2) is 2.60. The SMILES string of the molecule is CC(C)(C)/C=N\C=N. The molecule has 0 heterocycles. The summed E-state index contributed by atoms with van der Waals surface area (Å²) in [4.78, 5) is 3.66. The van der Waals surface area contributed by atoms with Crippen LogP contribution in [0.5, 0.6) is 0 Å². The molecule has 0 unspecified atom stereocenters. The van der Waals surface area contributed by atoms with E-state index >= 15 is 0 Å². The summed E-state index contributed by atoms with van der Waals surface area (Å²) in [6.07, 6.45) is 2.80. The van der Waals surface area contributed by atoms with Crippen LogP contribution in [0.1, 0.15) is 20.8 Å². The standard InChI is InChI=1S/C6H12N2/c1-6(2,3)4-8-5-7/h4-5,7H,1-3H3/b7-5?,8-4-. The first-order chi connectivity index (χ1) is 3.56. The van der Waals surface area contributed by atoms with Gasteiger partial charge in [0.2, 0.25) is 0 Å². The largest absolute Gasteiger partial charge is 0.290 e. The van der Waals surface area contributed by atoms with Crippen LogP contribution in [0.25, 0.3) is 0 Å². The number of nitrogens with one attached hydrogen (secondary N) is 1. The van der Waals surface area contributed by atoms with Crippen LogP contribution in [0.3, 0.4) is 0 Å². The van der Waals surface area contributed by atoms with Crippen molar-refractivity contribution in [3.63, 3.8) is 0 Å². The zero-order valence-electron chi connectivity index (χ0n) is 5.60. The minimum atomic E-state index is 0.109. The van der Waals surface area contributed by atoms with Crippen LogP contribution < -0.4 is 0 Å². The van der Waals surface area contributed by atoms with Gasteiger partial charge in [-0.25, -0.2) is 4.99 Å². The lowest BCUT2D eigenvalue weighted by atomic mass is 9.99. The molecule has 2 heteroatoms. The molecule has 8 heavy (non-hydrogen) atoms. The van der Waals surface area contributed by atoms with Gasteiger partial charge in [0.05, 0.1) is 0 Å². The summed E-state index contributed by atoms with van der Waals surface area (Å²) in [5, 5.41) is 6.56. The lowest BCUT2D eigenvalue weighted by Crippen LogP contribution is -2.05. The van der Waals surface area contributed by atoms with Crippen LogP contribution in [0, 0.1) is 10.8 Å². The molecule has 0 spiro atoms. The maximum Gasteiger partial charge on any atom is 0.106 e. The minimum absolute atomic E-state index is 0.109. The zero-order valence-corrected chi connectivity index (χ0v) is 5.60. The van der Waals surface area contributed by atoms with Gasteiger partial charge in [-0.2, -0.15) is 0 Å². The first-order valence-electron chi connectivity index (χ1n) is 2.59. The number of hydrogen-bond acceptors (Lipinski definition) is 1. The summed E-state index contributed by atoms with van der Waals surface area (Å²) >= 11 is 0. The molecule has 0 aromatic carbocycles. The maximum absolute atomic E-state index is 6.56. The third-order valence-corrected chi connectivity index (χ3v) is 0.536. The van der Waals surface area contributed by atoms with Crippen molar-refractivity contribution in [3.05, 3.63) is 0 Å². The monoisotopic (exact) mass is 112 g/mol. The maximum atomic E-state index is 6.56. The van der Waals surface area contributed by atoms with E-state index in [0.29, 0.717) is 0 Å². The minimum Gasteiger partial charge on any atom is -0.290 e. The van der Waals surface area contributed by atoms with E-state index in [1.165, 1.54) is 0 Å². The Hall–Kier alpha value is -0.660. The molecular formula is C6H12N2. The fourth-order valence-electron chi connectivity index (χ4n) is 0.261. The quantitative estimate of drug-likeness (QED) is 0.396. The Balaban J connectivity index is 3.69. The highest BCUT2D eigenvalue weighted by molar-refractivity contribution is 5.74. The summed E-state index contributed by atoms with van der Waals surface area (Å²) in [5.41, 5.74) is 0.109. The molecule has 0 aliphatic carbocycles. The molecule has 0 fully saturated rings. The Morgan fingerprint density at radius 1 is 1.38 bits per heavy atom. The van der Waals surface area contributed by atoms with Crippen LogP contribution in [-0.2, 0) is 0 Å². The van der Waals surface area contributed by atoms with Crippen LogP contribution in [0.4, 0.5) is 0 Å². The molecule has 0 aromatic heterocycles. The summed E-state index contributed by atoms with van der Waals surface area (Å²) in [6, 6.07) is 0. The van der Waals surface area contributed by atoms with Crippen LogP contribution in [0.2, 0.25) is 0 Å². The van der Waals surface area contributed by atoms with Crippen molar-refractivity contribution in [2.24, 2.45) is 10.4 Å². The molecular weight excluding hydrogens is 100 g/mol. The predicted octanol–water partition coefficient (Wildman–Crippen LogP) is 1.71. The van der Waals surface area contributed by atoms with E-state index in [4.69, 9.17) is 5.41 Å². The first kappa shape index (κ1) is 7.34. The van der Waals surface area contributed by atoms with E-state index in [1.807, 2.05) is 20.8 Å². The molecule has 0 rings (SSSR count).